The second-order valence-electron chi connectivity index (χ2n) is 6.98. The zero-order valence-corrected chi connectivity index (χ0v) is 16.2. The van der Waals surface area contributed by atoms with Crippen LogP contribution in [-0.2, 0) is 24.4 Å². The van der Waals surface area contributed by atoms with Gasteiger partial charge in [0.1, 0.15) is 18.1 Å². The number of carbonyl (C=O) groups excluding carboxylic acids is 1. The van der Waals surface area contributed by atoms with E-state index in [1.807, 2.05) is 60.7 Å². The molecule has 1 amide bonds. The van der Waals surface area contributed by atoms with E-state index in [9.17, 15) is 4.79 Å². The molecule has 0 saturated heterocycles. The smallest absolute Gasteiger partial charge is 0.262 e. The third-order valence-corrected chi connectivity index (χ3v) is 4.75. The topological polar surface area (TPSA) is 59.6 Å². The fourth-order valence-electron chi connectivity index (χ4n) is 3.31. The Morgan fingerprint density at radius 2 is 1.69 bits per heavy atom. The number of carbonyl (C=O) groups is 1. The zero-order chi connectivity index (χ0) is 19.9. The van der Waals surface area contributed by atoms with Gasteiger partial charge in [-0.1, -0.05) is 60.7 Å². The van der Waals surface area contributed by atoms with E-state index in [1.165, 1.54) is 5.56 Å². The maximum Gasteiger partial charge on any atom is 0.262 e. The first-order valence-electron chi connectivity index (χ1n) is 9.79. The van der Waals surface area contributed by atoms with Gasteiger partial charge in [0.05, 0.1) is 5.69 Å². The number of fused-ring (bicyclic) bond motifs is 1. The molecule has 0 bridgehead atoms. The quantitative estimate of drug-likeness (QED) is 0.574. The number of amides is 1. The Morgan fingerprint density at radius 3 is 2.45 bits per heavy atom. The number of ether oxygens (including phenoxy) is 2. The van der Waals surface area contributed by atoms with Crippen molar-refractivity contribution in [3.05, 3.63) is 89.5 Å². The monoisotopic (exact) mass is 388 g/mol. The molecule has 4 rings (SSSR count). The lowest BCUT2D eigenvalue weighted by Gasteiger charge is -2.22. The van der Waals surface area contributed by atoms with E-state index in [4.69, 9.17) is 9.47 Å². The summed E-state index contributed by atoms with van der Waals surface area (Å²) in [5.74, 6) is 1.31. The van der Waals surface area contributed by atoms with Gasteiger partial charge in [-0.25, -0.2) is 0 Å². The zero-order valence-electron chi connectivity index (χ0n) is 16.2. The summed E-state index contributed by atoms with van der Waals surface area (Å²) in [6.07, 6.45) is 0.771. The highest BCUT2D eigenvalue weighted by Crippen LogP contribution is 2.36. The van der Waals surface area contributed by atoms with Crippen molar-refractivity contribution in [3.8, 4) is 11.5 Å². The van der Waals surface area contributed by atoms with Crippen molar-refractivity contribution in [2.75, 3.05) is 18.5 Å². The second-order valence-corrected chi connectivity index (χ2v) is 6.98. The Labute approximate surface area is 170 Å². The summed E-state index contributed by atoms with van der Waals surface area (Å²) in [4.78, 5) is 11.8. The molecule has 0 fully saturated rings. The molecule has 0 aliphatic carbocycles. The predicted molar refractivity (Wildman–Crippen MR) is 113 cm³/mol. The van der Waals surface area contributed by atoms with Crippen LogP contribution in [-0.4, -0.2) is 19.1 Å². The predicted octanol–water partition coefficient (Wildman–Crippen LogP) is 3.93. The first kappa shape index (κ1) is 19.0. The van der Waals surface area contributed by atoms with Crippen molar-refractivity contribution in [3.63, 3.8) is 0 Å². The molecule has 3 aromatic carbocycles. The minimum absolute atomic E-state index is 0.0433. The molecule has 2 N–H and O–H groups in total. The Hall–Kier alpha value is -3.31. The van der Waals surface area contributed by atoms with Crippen molar-refractivity contribution in [1.29, 1.82) is 0 Å². The van der Waals surface area contributed by atoms with Gasteiger partial charge in [-0.05, 0) is 30.2 Å². The molecule has 0 saturated carbocycles. The lowest BCUT2D eigenvalue weighted by Crippen LogP contribution is -2.26. The fraction of sp³-hybridized carbons (Fsp3) is 0.208. The highest BCUT2D eigenvalue weighted by molar-refractivity contribution is 5.96. The SMILES string of the molecule is O=C1COc2c(CCNCc3ccccc3)cc(OCc3ccccc3)cc2N1. The maximum absolute atomic E-state index is 11.8. The Morgan fingerprint density at radius 1 is 0.966 bits per heavy atom. The summed E-state index contributed by atoms with van der Waals surface area (Å²) in [6.45, 7) is 2.12. The molecule has 148 valence electrons. The van der Waals surface area contributed by atoms with Gasteiger partial charge in [-0.3, -0.25) is 4.79 Å². The van der Waals surface area contributed by atoms with Crippen molar-refractivity contribution < 1.29 is 14.3 Å². The molecule has 0 spiro atoms. The minimum Gasteiger partial charge on any atom is -0.489 e. The number of hydrogen-bond donors (Lipinski definition) is 2. The van der Waals surface area contributed by atoms with E-state index in [1.54, 1.807) is 0 Å². The Bertz CT molecular complexity index is 959. The summed E-state index contributed by atoms with van der Waals surface area (Å²) in [5.41, 5.74) is 4.03. The molecule has 5 heteroatoms. The molecule has 5 nitrogen and oxygen atoms in total. The summed E-state index contributed by atoms with van der Waals surface area (Å²) >= 11 is 0. The highest BCUT2D eigenvalue weighted by atomic mass is 16.5. The largest absolute Gasteiger partial charge is 0.489 e. The van der Waals surface area contributed by atoms with Crippen LogP contribution in [0.3, 0.4) is 0 Å². The van der Waals surface area contributed by atoms with E-state index in [-0.39, 0.29) is 12.5 Å². The average molecular weight is 388 g/mol. The van der Waals surface area contributed by atoms with E-state index >= 15 is 0 Å². The molecule has 1 aliphatic rings. The third kappa shape index (κ3) is 5.15. The van der Waals surface area contributed by atoms with E-state index < -0.39 is 0 Å². The summed E-state index contributed by atoms with van der Waals surface area (Å²) in [7, 11) is 0. The molecule has 0 atom stereocenters. The molecule has 1 heterocycles. The molecular formula is C24H24N2O3. The highest BCUT2D eigenvalue weighted by Gasteiger charge is 2.20. The van der Waals surface area contributed by atoms with E-state index in [2.05, 4.69) is 22.8 Å². The molecular weight excluding hydrogens is 364 g/mol. The standard InChI is InChI=1S/C24H24N2O3/c27-23-17-29-24-20(11-12-25-15-18-7-3-1-4-8-18)13-21(14-22(24)26-23)28-16-19-9-5-2-6-10-19/h1-10,13-14,25H,11-12,15-17H2,(H,26,27). The van der Waals surface area contributed by atoms with Crippen LogP contribution in [0, 0.1) is 0 Å². The number of anilines is 1. The van der Waals surface area contributed by atoms with Crippen LogP contribution in [0.15, 0.2) is 72.8 Å². The Balaban J connectivity index is 1.44. The van der Waals surface area contributed by atoms with Gasteiger partial charge in [-0.15, -0.1) is 0 Å². The molecule has 0 radical (unpaired) electrons. The Kier molecular flexibility index (Phi) is 6.07. The molecule has 29 heavy (non-hydrogen) atoms. The van der Waals surface area contributed by atoms with Gasteiger partial charge in [0.15, 0.2) is 6.61 Å². The lowest BCUT2D eigenvalue weighted by atomic mass is 10.1. The summed E-state index contributed by atoms with van der Waals surface area (Å²) in [5, 5.41) is 6.35. The van der Waals surface area contributed by atoms with Crippen LogP contribution >= 0.6 is 0 Å². The van der Waals surface area contributed by atoms with Crippen LogP contribution in [0.25, 0.3) is 0 Å². The van der Waals surface area contributed by atoms with Gasteiger partial charge >= 0.3 is 0 Å². The molecule has 0 aromatic heterocycles. The summed E-state index contributed by atoms with van der Waals surface area (Å²) in [6, 6.07) is 24.1. The number of hydrogen-bond acceptors (Lipinski definition) is 4. The van der Waals surface area contributed by atoms with Gasteiger partial charge < -0.3 is 20.1 Å². The first-order chi connectivity index (χ1) is 14.3. The van der Waals surface area contributed by atoms with E-state index in [0.717, 1.165) is 42.1 Å². The van der Waals surface area contributed by atoms with Gasteiger partial charge in [-0.2, -0.15) is 0 Å². The van der Waals surface area contributed by atoms with Gasteiger partial charge in [0, 0.05) is 18.2 Å². The van der Waals surface area contributed by atoms with Gasteiger partial charge in [0.25, 0.3) is 5.91 Å². The fourth-order valence-corrected chi connectivity index (χ4v) is 3.31. The van der Waals surface area contributed by atoms with Crippen LogP contribution in [0.4, 0.5) is 5.69 Å². The maximum atomic E-state index is 11.8. The van der Waals surface area contributed by atoms with Crippen LogP contribution < -0.4 is 20.1 Å². The second kappa shape index (κ2) is 9.26. The van der Waals surface area contributed by atoms with Gasteiger partial charge in [0.2, 0.25) is 0 Å². The third-order valence-electron chi connectivity index (χ3n) is 4.75. The van der Waals surface area contributed by atoms with Crippen molar-refractivity contribution in [1.82, 2.24) is 5.32 Å². The lowest BCUT2D eigenvalue weighted by molar-refractivity contribution is -0.118. The minimum atomic E-state index is -0.147. The number of benzene rings is 3. The normalized spacial score (nSPS) is 12.6. The van der Waals surface area contributed by atoms with Crippen LogP contribution in [0.5, 0.6) is 11.5 Å². The molecule has 3 aromatic rings. The number of rotatable bonds is 8. The first-order valence-corrected chi connectivity index (χ1v) is 9.79. The average Bonchev–Trinajstić information content (AvgIpc) is 2.76. The molecule has 1 aliphatic heterocycles. The summed E-state index contributed by atoms with van der Waals surface area (Å²) < 4.78 is 11.7. The van der Waals surface area contributed by atoms with Crippen molar-refractivity contribution in [2.24, 2.45) is 0 Å². The van der Waals surface area contributed by atoms with E-state index in [0.29, 0.717) is 12.3 Å². The number of nitrogens with one attached hydrogen (secondary N) is 2. The van der Waals surface area contributed by atoms with Crippen LogP contribution in [0.1, 0.15) is 16.7 Å². The van der Waals surface area contributed by atoms with Crippen molar-refractivity contribution in [2.45, 2.75) is 19.6 Å². The molecule has 0 unspecified atom stereocenters. The van der Waals surface area contributed by atoms with Crippen molar-refractivity contribution >= 4 is 11.6 Å². The van der Waals surface area contributed by atoms with Crippen LogP contribution in [0.2, 0.25) is 0 Å².